The molecule has 39 heavy (non-hydrogen) atoms. The first-order valence-electron chi connectivity index (χ1n) is 13.5. The van der Waals surface area contributed by atoms with Gasteiger partial charge < -0.3 is 15.5 Å². The van der Waals surface area contributed by atoms with Gasteiger partial charge in [0.2, 0.25) is 0 Å². The van der Waals surface area contributed by atoms with Gasteiger partial charge >= 0.3 is 0 Å². The topological polar surface area (TPSA) is 74.3 Å². The van der Waals surface area contributed by atoms with E-state index in [-0.39, 0.29) is 11.8 Å². The van der Waals surface area contributed by atoms with E-state index in [1.54, 1.807) is 18.3 Å². The molecule has 1 saturated heterocycles. The van der Waals surface area contributed by atoms with Crippen molar-refractivity contribution in [2.24, 2.45) is 0 Å². The van der Waals surface area contributed by atoms with Crippen LogP contribution in [-0.4, -0.2) is 29.9 Å². The number of hydrogen-bond donors (Lipinski definition) is 2. The Labute approximate surface area is 230 Å². The molecule has 5 rings (SSSR count). The summed E-state index contributed by atoms with van der Waals surface area (Å²) in [5, 5.41) is 6.10. The lowest BCUT2D eigenvalue weighted by Gasteiger charge is -2.29. The van der Waals surface area contributed by atoms with Gasteiger partial charge in [0.1, 0.15) is 0 Å². The Morgan fingerprint density at radius 3 is 2.31 bits per heavy atom. The normalized spacial score (nSPS) is 13.1. The van der Waals surface area contributed by atoms with Gasteiger partial charge in [-0.3, -0.25) is 14.6 Å². The van der Waals surface area contributed by atoms with Crippen LogP contribution in [0.1, 0.15) is 56.7 Å². The molecular formula is C33H34N4O2. The van der Waals surface area contributed by atoms with Gasteiger partial charge in [-0.2, -0.15) is 0 Å². The van der Waals surface area contributed by atoms with Crippen molar-refractivity contribution in [1.29, 1.82) is 0 Å². The number of carbonyl (C=O) groups is 2. The summed E-state index contributed by atoms with van der Waals surface area (Å²) < 4.78 is 0. The van der Waals surface area contributed by atoms with Gasteiger partial charge in [0.05, 0.1) is 11.4 Å². The number of rotatable bonds is 7. The molecule has 1 fully saturated rings. The maximum absolute atomic E-state index is 13.1. The molecule has 6 heteroatoms. The molecular weight excluding hydrogens is 484 g/mol. The standard InChI is InChI=1S/C33H34N4O2/c1-23-8-6-10-25(18-23)22-35-32(38)27-14-15-34-31(20-27)29-21-28(37-16-4-3-5-17-37)12-13-30(29)36-33(39)26-11-7-9-24(2)19-26/h6-15,18-21H,3-5,16-17,22H2,1-2H3,(H,35,38)(H,36,39). The lowest BCUT2D eigenvalue weighted by atomic mass is 10.0. The Morgan fingerprint density at radius 1 is 0.795 bits per heavy atom. The van der Waals surface area contributed by atoms with E-state index in [2.05, 4.69) is 38.7 Å². The van der Waals surface area contributed by atoms with Crippen LogP contribution in [0.3, 0.4) is 0 Å². The van der Waals surface area contributed by atoms with Crippen molar-refractivity contribution in [3.05, 3.63) is 113 Å². The number of pyridine rings is 1. The predicted molar refractivity (Wildman–Crippen MR) is 157 cm³/mol. The number of piperidine rings is 1. The fourth-order valence-corrected chi connectivity index (χ4v) is 5.01. The zero-order chi connectivity index (χ0) is 27.2. The minimum absolute atomic E-state index is 0.169. The minimum atomic E-state index is -0.183. The summed E-state index contributed by atoms with van der Waals surface area (Å²) in [7, 11) is 0. The largest absolute Gasteiger partial charge is 0.372 e. The van der Waals surface area contributed by atoms with Crippen LogP contribution in [0.2, 0.25) is 0 Å². The first-order chi connectivity index (χ1) is 19.0. The fourth-order valence-electron chi connectivity index (χ4n) is 5.01. The zero-order valence-corrected chi connectivity index (χ0v) is 22.5. The summed E-state index contributed by atoms with van der Waals surface area (Å²) in [6.07, 6.45) is 5.22. The van der Waals surface area contributed by atoms with E-state index in [1.807, 2.05) is 62.4 Å². The van der Waals surface area contributed by atoms with Crippen LogP contribution in [0, 0.1) is 13.8 Å². The van der Waals surface area contributed by atoms with Crippen LogP contribution in [-0.2, 0) is 6.54 Å². The molecule has 0 radical (unpaired) electrons. The number of hydrogen-bond acceptors (Lipinski definition) is 4. The van der Waals surface area contributed by atoms with E-state index >= 15 is 0 Å². The van der Waals surface area contributed by atoms with E-state index in [9.17, 15) is 9.59 Å². The SMILES string of the molecule is Cc1cccc(CNC(=O)c2ccnc(-c3cc(N4CCCCC4)ccc3NC(=O)c3cccc(C)c3)c2)c1. The molecule has 0 bridgehead atoms. The number of carbonyl (C=O) groups excluding carboxylic acids is 2. The monoisotopic (exact) mass is 518 g/mol. The van der Waals surface area contributed by atoms with Crippen LogP contribution in [0.15, 0.2) is 85.1 Å². The second-order valence-electron chi connectivity index (χ2n) is 10.2. The van der Waals surface area contributed by atoms with Crippen LogP contribution in [0.4, 0.5) is 11.4 Å². The molecule has 4 aromatic rings. The van der Waals surface area contributed by atoms with E-state index < -0.39 is 0 Å². The number of benzene rings is 3. The van der Waals surface area contributed by atoms with Gasteiger partial charge in [-0.05, 0) is 81.1 Å². The third kappa shape index (κ3) is 6.52. The average Bonchev–Trinajstić information content (AvgIpc) is 2.96. The Kier molecular flexibility index (Phi) is 8.02. The first kappa shape index (κ1) is 26.2. The molecule has 2 N–H and O–H groups in total. The molecule has 1 aromatic heterocycles. The number of aryl methyl sites for hydroxylation is 2. The Balaban J connectivity index is 1.44. The highest BCUT2D eigenvalue weighted by Gasteiger charge is 2.18. The summed E-state index contributed by atoms with van der Waals surface area (Å²) in [4.78, 5) is 33.2. The Morgan fingerprint density at radius 2 is 1.54 bits per heavy atom. The lowest BCUT2D eigenvalue weighted by molar-refractivity contribution is 0.0950. The van der Waals surface area contributed by atoms with Crippen molar-refractivity contribution < 1.29 is 9.59 Å². The Hall–Kier alpha value is -4.45. The van der Waals surface area contributed by atoms with Gasteiger partial charge in [-0.1, -0.05) is 47.5 Å². The fraction of sp³-hybridized carbons (Fsp3) is 0.242. The van der Waals surface area contributed by atoms with Crippen LogP contribution in [0.25, 0.3) is 11.3 Å². The lowest BCUT2D eigenvalue weighted by Crippen LogP contribution is -2.29. The van der Waals surface area contributed by atoms with E-state index in [0.29, 0.717) is 29.1 Å². The molecule has 3 aromatic carbocycles. The van der Waals surface area contributed by atoms with Gasteiger partial charge in [-0.15, -0.1) is 0 Å². The van der Waals surface area contributed by atoms with E-state index in [4.69, 9.17) is 0 Å². The molecule has 1 aliphatic heterocycles. The second-order valence-corrected chi connectivity index (χ2v) is 10.2. The third-order valence-electron chi connectivity index (χ3n) is 7.09. The van der Waals surface area contributed by atoms with Gasteiger partial charge in [0.25, 0.3) is 11.8 Å². The predicted octanol–water partition coefficient (Wildman–Crippen LogP) is 6.54. The van der Waals surface area contributed by atoms with Crippen molar-refractivity contribution in [1.82, 2.24) is 10.3 Å². The summed E-state index contributed by atoms with van der Waals surface area (Å²) in [6.45, 7) is 6.45. The highest BCUT2D eigenvalue weighted by molar-refractivity contribution is 6.06. The molecule has 2 heterocycles. The summed E-state index contributed by atoms with van der Waals surface area (Å²) in [5.74, 6) is -0.351. The molecule has 0 saturated carbocycles. The maximum atomic E-state index is 13.1. The average molecular weight is 519 g/mol. The van der Waals surface area contributed by atoms with Crippen molar-refractivity contribution >= 4 is 23.2 Å². The van der Waals surface area contributed by atoms with Crippen molar-refractivity contribution in [3.63, 3.8) is 0 Å². The molecule has 1 aliphatic rings. The van der Waals surface area contributed by atoms with Crippen LogP contribution < -0.4 is 15.5 Å². The number of aromatic nitrogens is 1. The third-order valence-corrected chi connectivity index (χ3v) is 7.09. The quantitative estimate of drug-likeness (QED) is 0.291. The smallest absolute Gasteiger partial charge is 0.255 e. The summed E-state index contributed by atoms with van der Waals surface area (Å²) in [5.41, 5.74) is 7.51. The number of amides is 2. The summed E-state index contributed by atoms with van der Waals surface area (Å²) >= 11 is 0. The van der Waals surface area contributed by atoms with E-state index in [1.165, 1.54) is 6.42 Å². The number of nitrogens with zero attached hydrogens (tertiary/aromatic N) is 2. The maximum Gasteiger partial charge on any atom is 0.255 e. The van der Waals surface area contributed by atoms with Gasteiger partial charge in [0, 0.05) is 48.2 Å². The molecule has 2 amide bonds. The van der Waals surface area contributed by atoms with Crippen LogP contribution >= 0.6 is 0 Å². The summed E-state index contributed by atoms with van der Waals surface area (Å²) in [6, 6.07) is 25.2. The van der Waals surface area contributed by atoms with Crippen molar-refractivity contribution in [3.8, 4) is 11.3 Å². The first-order valence-corrected chi connectivity index (χ1v) is 13.5. The minimum Gasteiger partial charge on any atom is -0.372 e. The Bertz CT molecular complexity index is 1490. The van der Waals surface area contributed by atoms with E-state index in [0.717, 1.165) is 53.9 Å². The molecule has 0 atom stereocenters. The second kappa shape index (κ2) is 11.9. The highest BCUT2D eigenvalue weighted by atomic mass is 16.2. The zero-order valence-electron chi connectivity index (χ0n) is 22.5. The molecule has 0 unspecified atom stereocenters. The molecule has 6 nitrogen and oxygen atoms in total. The van der Waals surface area contributed by atoms with Gasteiger partial charge in [0.15, 0.2) is 0 Å². The van der Waals surface area contributed by atoms with Gasteiger partial charge in [-0.25, -0.2) is 0 Å². The number of anilines is 2. The molecule has 198 valence electrons. The van der Waals surface area contributed by atoms with Crippen molar-refractivity contribution in [2.75, 3.05) is 23.3 Å². The molecule has 0 spiro atoms. The molecule has 0 aliphatic carbocycles. The van der Waals surface area contributed by atoms with Crippen molar-refractivity contribution in [2.45, 2.75) is 39.7 Å². The van der Waals surface area contributed by atoms with Crippen LogP contribution in [0.5, 0.6) is 0 Å². The number of nitrogens with one attached hydrogen (secondary N) is 2. The highest BCUT2D eigenvalue weighted by Crippen LogP contribution is 2.33.